The van der Waals surface area contributed by atoms with E-state index in [2.05, 4.69) is 48.2 Å². The fourth-order valence-electron chi connectivity index (χ4n) is 2.68. The van der Waals surface area contributed by atoms with E-state index in [0.29, 0.717) is 11.7 Å². The molecule has 4 nitrogen and oxygen atoms in total. The molecule has 0 saturated carbocycles. The molecule has 2 aromatic rings. The highest BCUT2D eigenvalue weighted by molar-refractivity contribution is 7.99. The number of aromatic nitrogens is 1. The second-order valence-electron chi connectivity index (χ2n) is 6.41. The molecule has 0 spiro atoms. The van der Waals surface area contributed by atoms with Gasteiger partial charge < -0.3 is 10.2 Å². The van der Waals surface area contributed by atoms with Crippen LogP contribution >= 0.6 is 23.1 Å². The van der Waals surface area contributed by atoms with Gasteiger partial charge in [-0.3, -0.25) is 4.79 Å². The van der Waals surface area contributed by atoms with E-state index in [4.69, 9.17) is 0 Å². The van der Waals surface area contributed by atoms with Crippen molar-refractivity contribution in [2.24, 2.45) is 0 Å². The summed E-state index contributed by atoms with van der Waals surface area (Å²) in [5.74, 6) is -0.00119. The molecule has 128 valence electrons. The lowest BCUT2D eigenvalue weighted by atomic mass is 10.1. The molecule has 1 amide bonds. The zero-order valence-corrected chi connectivity index (χ0v) is 16.0. The lowest BCUT2D eigenvalue weighted by molar-refractivity contribution is -0.115. The van der Waals surface area contributed by atoms with Gasteiger partial charge in [0.25, 0.3) is 0 Å². The van der Waals surface area contributed by atoms with Crippen LogP contribution in [0.1, 0.15) is 30.0 Å². The van der Waals surface area contributed by atoms with Crippen molar-refractivity contribution < 1.29 is 4.79 Å². The normalized spacial score (nSPS) is 14.7. The summed E-state index contributed by atoms with van der Waals surface area (Å²) in [6.45, 7) is 6.32. The van der Waals surface area contributed by atoms with Gasteiger partial charge in [0.1, 0.15) is 0 Å². The van der Waals surface area contributed by atoms with Crippen LogP contribution in [-0.4, -0.2) is 34.6 Å². The standard InChI is InChI=1S/C18H23N3OS2/c1-12(2)23-14-6-4-13(5-7-14)10-17(22)20-18-19-15-8-9-21(3)11-16(15)24-18/h4-7,12H,8-11H2,1-3H3,(H,19,20,22). The smallest absolute Gasteiger partial charge is 0.230 e. The van der Waals surface area contributed by atoms with Crippen molar-refractivity contribution in [1.82, 2.24) is 9.88 Å². The van der Waals surface area contributed by atoms with Crippen molar-refractivity contribution >= 4 is 34.1 Å². The van der Waals surface area contributed by atoms with Crippen LogP contribution in [0.25, 0.3) is 0 Å². The van der Waals surface area contributed by atoms with Gasteiger partial charge in [0.15, 0.2) is 5.13 Å². The Morgan fingerprint density at radius 2 is 2.12 bits per heavy atom. The second-order valence-corrected chi connectivity index (χ2v) is 9.15. The van der Waals surface area contributed by atoms with Gasteiger partial charge in [0.2, 0.25) is 5.91 Å². The summed E-state index contributed by atoms with van der Waals surface area (Å²) in [4.78, 5) is 21.6. The number of nitrogens with one attached hydrogen (secondary N) is 1. The van der Waals surface area contributed by atoms with Crippen molar-refractivity contribution in [3.8, 4) is 0 Å². The number of hydrogen-bond acceptors (Lipinski definition) is 5. The number of carbonyl (C=O) groups is 1. The van der Waals surface area contributed by atoms with Gasteiger partial charge in [0, 0.05) is 34.5 Å². The first-order chi connectivity index (χ1) is 11.5. The predicted octanol–water partition coefficient (Wildman–Crippen LogP) is 3.81. The van der Waals surface area contributed by atoms with Gasteiger partial charge in [-0.05, 0) is 24.7 Å². The van der Waals surface area contributed by atoms with E-state index in [1.165, 1.54) is 9.77 Å². The van der Waals surface area contributed by atoms with E-state index in [1.807, 2.05) is 23.9 Å². The van der Waals surface area contributed by atoms with Crippen LogP contribution in [-0.2, 0) is 24.2 Å². The molecule has 24 heavy (non-hydrogen) atoms. The Kier molecular flexibility index (Phi) is 5.58. The number of benzene rings is 1. The van der Waals surface area contributed by atoms with Gasteiger partial charge in [0.05, 0.1) is 12.1 Å². The minimum absolute atomic E-state index is 0.00119. The molecule has 0 radical (unpaired) electrons. The van der Waals surface area contributed by atoms with Gasteiger partial charge >= 0.3 is 0 Å². The Hall–Kier alpha value is -1.37. The zero-order valence-electron chi connectivity index (χ0n) is 14.3. The van der Waals surface area contributed by atoms with Crippen molar-refractivity contribution in [3.05, 3.63) is 40.4 Å². The van der Waals surface area contributed by atoms with Crippen LogP contribution in [0.2, 0.25) is 0 Å². The van der Waals surface area contributed by atoms with Crippen LogP contribution in [0, 0.1) is 0 Å². The summed E-state index contributed by atoms with van der Waals surface area (Å²) >= 11 is 3.43. The van der Waals surface area contributed by atoms with Gasteiger partial charge in [-0.15, -0.1) is 23.1 Å². The van der Waals surface area contributed by atoms with Crippen molar-refractivity contribution in [2.75, 3.05) is 18.9 Å². The van der Waals surface area contributed by atoms with Crippen LogP contribution in [0.3, 0.4) is 0 Å². The summed E-state index contributed by atoms with van der Waals surface area (Å²) < 4.78 is 0. The molecule has 0 fully saturated rings. The summed E-state index contributed by atoms with van der Waals surface area (Å²) in [6, 6.07) is 8.24. The number of carbonyl (C=O) groups excluding carboxylic acids is 1. The average molecular weight is 362 g/mol. The summed E-state index contributed by atoms with van der Waals surface area (Å²) in [5.41, 5.74) is 2.17. The number of rotatable bonds is 5. The third kappa shape index (κ3) is 4.59. The first-order valence-electron chi connectivity index (χ1n) is 8.22. The Morgan fingerprint density at radius 3 is 2.83 bits per heavy atom. The molecule has 1 aliphatic heterocycles. The molecule has 2 heterocycles. The monoisotopic (exact) mass is 361 g/mol. The third-order valence-electron chi connectivity index (χ3n) is 3.83. The van der Waals surface area contributed by atoms with Crippen molar-refractivity contribution in [3.63, 3.8) is 0 Å². The molecule has 1 aromatic carbocycles. The summed E-state index contributed by atoms with van der Waals surface area (Å²) in [5, 5.41) is 4.25. The molecule has 1 aromatic heterocycles. The molecule has 1 N–H and O–H groups in total. The van der Waals surface area contributed by atoms with E-state index >= 15 is 0 Å². The average Bonchev–Trinajstić information content (AvgIpc) is 2.89. The van der Waals surface area contributed by atoms with Crippen LogP contribution in [0.5, 0.6) is 0 Å². The lowest BCUT2D eigenvalue weighted by Gasteiger charge is -2.20. The molecule has 0 bridgehead atoms. The molecule has 0 atom stereocenters. The SMILES string of the molecule is CC(C)Sc1ccc(CC(=O)Nc2nc3c(s2)CN(C)CC3)cc1. The molecule has 3 rings (SSSR count). The van der Waals surface area contributed by atoms with E-state index in [1.54, 1.807) is 11.3 Å². The quantitative estimate of drug-likeness (QED) is 0.823. The van der Waals surface area contributed by atoms with Crippen molar-refractivity contribution in [1.29, 1.82) is 0 Å². The number of fused-ring (bicyclic) bond motifs is 1. The highest BCUT2D eigenvalue weighted by Gasteiger charge is 2.19. The molecule has 1 aliphatic rings. The van der Waals surface area contributed by atoms with Gasteiger partial charge in [-0.2, -0.15) is 0 Å². The van der Waals surface area contributed by atoms with Gasteiger partial charge in [-0.1, -0.05) is 26.0 Å². The number of thiazole rings is 1. The largest absolute Gasteiger partial charge is 0.302 e. The Bertz CT molecular complexity index is 710. The number of nitrogens with zero attached hydrogens (tertiary/aromatic N) is 2. The maximum absolute atomic E-state index is 12.3. The number of thioether (sulfide) groups is 1. The lowest BCUT2D eigenvalue weighted by Crippen LogP contribution is -2.25. The molecule has 6 heteroatoms. The van der Waals surface area contributed by atoms with Gasteiger partial charge in [-0.25, -0.2) is 4.98 Å². The van der Waals surface area contributed by atoms with E-state index in [-0.39, 0.29) is 5.91 Å². The fourth-order valence-corrected chi connectivity index (χ4v) is 4.63. The van der Waals surface area contributed by atoms with Crippen LogP contribution in [0.4, 0.5) is 5.13 Å². The molecule has 0 aliphatic carbocycles. The molecular formula is C18H23N3OS2. The minimum Gasteiger partial charge on any atom is -0.302 e. The minimum atomic E-state index is -0.00119. The fraction of sp³-hybridized carbons (Fsp3) is 0.444. The maximum atomic E-state index is 12.3. The molecule has 0 unspecified atom stereocenters. The molecular weight excluding hydrogens is 338 g/mol. The maximum Gasteiger partial charge on any atom is 0.230 e. The first-order valence-corrected chi connectivity index (χ1v) is 9.92. The highest BCUT2D eigenvalue weighted by Crippen LogP contribution is 2.28. The van der Waals surface area contributed by atoms with Crippen molar-refractivity contribution in [2.45, 2.75) is 43.4 Å². The van der Waals surface area contributed by atoms with Crippen LogP contribution < -0.4 is 5.32 Å². The summed E-state index contributed by atoms with van der Waals surface area (Å²) in [7, 11) is 2.11. The Balaban J connectivity index is 1.58. The zero-order chi connectivity index (χ0) is 17.1. The number of amides is 1. The topological polar surface area (TPSA) is 45.2 Å². The third-order valence-corrected chi connectivity index (χ3v) is 5.84. The number of hydrogen-bond donors (Lipinski definition) is 1. The highest BCUT2D eigenvalue weighted by atomic mass is 32.2. The first kappa shape index (κ1) is 17.5. The second kappa shape index (κ2) is 7.68. The van der Waals surface area contributed by atoms with E-state index in [9.17, 15) is 4.79 Å². The summed E-state index contributed by atoms with van der Waals surface area (Å²) in [6.07, 6.45) is 1.35. The Morgan fingerprint density at radius 1 is 1.38 bits per heavy atom. The van der Waals surface area contributed by atoms with E-state index in [0.717, 1.165) is 35.9 Å². The van der Waals surface area contributed by atoms with E-state index < -0.39 is 0 Å². The number of anilines is 1. The van der Waals surface area contributed by atoms with Crippen LogP contribution in [0.15, 0.2) is 29.2 Å². The predicted molar refractivity (Wildman–Crippen MR) is 102 cm³/mol. The number of likely N-dealkylation sites (N-methyl/N-ethyl adjacent to an activating group) is 1. The molecule has 0 saturated heterocycles. The Labute approximate surface area is 151 Å².